The third kappa shape index (κ3) is 38.5. The molecule has 0 radical (unpaired) electrons. The van der Waals surface area contributed by atoms with Crippen LogP contribution in [0.3, 0.4) is 0 Å². The van der Waals surface area contributed by atoms with Crippen LogP contribution < -0.4 is 5.32 Å². The third-order valence-corrected chi connectivity index (χ3v) is 14.7. The number of hydrogen-bond acceptors (Lipinski definition) is 8. The average Bonchev–Trinajstić information content (AvgIpc) is 3.33. The molecule has 7 unspecified atom stereocenters. The molecule has 0 aromatic heterocycles. The van der Waals surface area contributed by atoms with Crippen LogP contribution in [0, 0.1) is 0 Å². The first kappa shape index (κ1) is 64.2. The molecule has 1 aliphatic rings. The van der Waals surface area contributed by atoms with Crippen LogP contribution in [-0.2, 0) is 14.3 Å². The molecule has 0 aromatic carbocycles. The highest BCUT2D eigenvalue weighted by molar-refractivity contribution is 5.76. The number of amides is 1. The van der Waals surface area contributed by atoms with Crippen molar-refractivity contribution in [3.63, 3.8) is 0 Å². The van der Waals surface area contributed by atoms with Crippen LogP contribution in [0.5, 0.6) is 0 Å². The number of rotatable bonds is 52. The van der Waals surface area contributed by atoms with Crippen molar-refractivity contribution in [1.82, 2.24) is 5.32 Å². The zero-order valence-corrected chi connectivity index (χ0v) is 44.4. The molecule has 6 N–H and O–H groups in total. The predicted molar refractivity (Wildman–Crippen MR) is 281 cm³/mol. The van der Waals surface area contributed by atoms with Gasteiger partial charge in [-0.15, -0.1) is 0 Å². The lowest BCUT2D eigenvalue weighted by Gasteiger charge is -2.40. The summed E-state index contributed by atoms with van der Waals surface area (Å²) in [7, 11) is 0. The summed E-state index contributed by atoms with van der Waals surface area (Å²) < 4.78 is 11.2. The van der Waals surface area contributed by atoms with Crippen molar-refractivity contribution in [3.05, 3.63) is 0 Å². The fraction of sp³-hybridized carbons (Fsp3) is 0.983. The Morgan fingerprint density at radius 2 is 0.746 bits per heavy atom. The molecule has 0 spiro atoms. The molecule has 1 aliphatic heterocycles. The Hall–Kier alpha value is -0.810. The highest BCUT2D eigenvalue weighted by atomic mass is 16.7. The second-order valence-corrected chi connectivity index (χ2v) is 21.2. The first-order valence-electron chi connectivity index (χ1n) is 29.7. The van der Waals surface area contributed by atoms with E-state index in [-0.39, 0.29) is 12.5 Å². The predicted octanol–water partition coefficient (Wildman–Crippen LogP) is 14.6. The SMILES string of the molecule is CCCCCCCCCCCCCCCCCCCCCCCCCCCCCCCCCCCCCCCCCCC(=O)NC(COC1OC(CO)C(O)C(O)C1O)C(O)CCCCCC. The molecule has 1 rings (SSSR count). The van der Waals surface area contributed by atoms with E-state index in [2.05, 4.69) is 19.2 Å². The Morgan fingerprint density at radius 1 is 0.448 bits per heavy atom. The molecule has 1 amide bonds. The number of carbonyl (C=O) groups excluding carboxylic acids is 1. The molecule has 1 saturated heterocycles. The molecule has 7 atom stereocenters. The number of ether oxygens (including phenoxy) is 2. The van der Waals surface area contributed by atoms with E-state index in [1.165, 1.54) is 238 Å². The largest absolute Gasteiger partial charge is 0.394 e. The molecule has 0 saturated carbocycles. The zero-order chi connectivity index (χ0) is 48.7. The van der Waals surface area contributed by atoms with Crippen molar-refractivity contribution in [2.75, 3.05) is 13.2 Å². The summed E-state index contributed by atoms with van der Waals surface area (Å²) in [4.78, 5) is 12.9. The summed E-state index contributed by atoms with van der Waals surface area (Å²) in [5, 5.41) is 53.9. The second-order valence-electron chi connectivity index (χ2n) is 21.2. The van der Waals surface area contributed by atoms with Crippen molar-refractivity contribution in [2.45, 2.75) is 352 Å². The lowest BCUT2D eigenvalue weighted by atomic mass is 9.99. The first-order chi connectivity index (χ1) is 32.8. The first-order valence-corrected chi connectivity index (χ1v) is 29.7. The summed E-state index contributed by atoms with van der Waals surface area (Å²) in [5.74, 6) is -0.147. The maximum absolute atomic E-state index is 12.9. The summed E-state index contributed by atoms with van der Waals surface area (Å²) in [6.07, 6.45) is 52.7. The molecule has 400 valence electrons. The van der Waals surface area contributed by atoms with E-state index in [0.29, 0.717) is 12.8 Å². The third-order valence-electron chi connectivity index (χ3n) is 14.7. The fourth-order valence-corrected chi connectivity index (χ4v) is 9.99. The van der Waals surface area contributed by atoms with Crippen LogP contribution in [0.4, 0.5) is 0 Å². The number of nitrogens with one attached hydrogen (secondary N) is 1. The van der Waals surface area contributed by atoms with E-state index in [4.69, 9.17) is 9.47 Å². The maximum atomic E-state index is 12.9. The van der Waals surface area contributed by atoms with Crippen molar-refractivity contribution < 1.29 is 39.8 Å². The Kier molecular flexibility index (Phi) is 46.8. The summed E-state index contributed by atoms with van der Waals surface area (Å²) in [5.41, 5.74) is 0. The standard InChI is InChI=1S/C58H115NO8/c1-3-5-7-9-10-11-12-13-14-15-16-17-18-19-20-21-22-23-24-25-26-27-28-29-30-31-32-33-34-35-36-37-38-39-40-41-42-43-44-46-48-54(62)59-51(52(61)47-45-8-6-4-2)50-66-58-57(65)56(64)55(63)53(49-60)67-58/h51-53,55-58,60-61,63-65H,3-50H2,1-2H3,(H,59,62). The minimum Gasteiger partial charge on any atom is -0.394 e. The molecule has 0 aliphatic carbocycles. The molecule has 9 heteroatoms. The van der Waals surface area contributed by atoms with Gasteiger partial charge in [0.15, 0.2) is 6.29 Å². The number of aliphatic hydroxyl groups excluding tert-OH is 5. The highest BCUT2D eigenvalue weighted by Crippen LogP contribution is 2.23. The van der Waals surface area contributed by atoms with Gasteiger partial charge in [0.1, 0.15) is 24.4 Å². The molecule has 67 heavy (non-hydrogen) atoms. The quantitative estimate of drug-likeness (QED) is 0.0330. The van der Waals surface area contributed by atoms with E-state index in [0.717, 1.165) is 44.9 Å². The van der Waals surface area contributed by atoms with Gasteiger partial charge in [-0.3, -0.25) is 4.79 Å². The Labute approximate surface area is 414 Å². The van der Waals surface area contributed by atoms with E-state index >= 15 is 0 Å². The van der Waals surface area contributed by atoms with Gasteiger partial charge in [0.2, 0.25) is 5.91 Å². The van der Waals surface area contributed by atoms with Gasteiger partial charge in [0, 0.05) is 6.42 Å². The molecular weight excluding hydrogens is 839 g/mol. The number of unbranched alkanes of at least 4 members (excludes halogenated alkanes) is 42. The monoisotopic (exact) mass is 954 g/mol. The van der Waals surface area contributed by atoms with Crippen LogP contribution >= 0.6 is 0 Å². The second kappa shape index (κ2) is 48.8. The van der Waals surface area contributed by atoms with Gasteiger partial charge in [-0.25, -0.2) is 0 Å². The molecule has 0 bridgehead atoms. The topological polar surface area (TPSA) is 149 Å². The average molecular weight is 955 g/mol. The van der Waals surface area contributed by atoms with Crippen LogP contribution in [0.15, 0.2) is 0 Å². The van der Waals surface area contributed by atoms with E-state index in [1.807, 2.05) is 0 Å². The number of aliphatic hydroxyl groups is 5. The molecule has 9 nitrogen and oxygen atoms in total. The molecule has 0 aromatic rings. The number of hydrogen-bond donors (Lipinski definition) is 6. The molecular formula is C58H115NO8. The van der Waals surface area contributed by atoms with Gasteiger partial charge in [0.25, 0.3) is 0 Å². The lowest BCUT2D eigenvalue weighted by Crippen LogP contribution is -2.60. The van der Waals surface area contributed by atoms with Gasteiger partial charge < -0.3 is 40.3 Å². The van der Waals surface area contributed by atoms with Crippen LogP contribution in [0.2, 0.25) is 0 Å². The highest BCUT2D eigenvalue weighted by Gasteiger charge is 2.44. The van der Waals surface area contributed by atoms with Crippen LogP contribution in [-0.4, -0.2) is 87.5 Å². The van der Waals surface area contributed by atoms with Gasteiger partial charge >= 0.3 is 0 Å². The summed E-state index contributed by atoms with van der Waals surface area (Å²) >= 11 is 0. The van der Waals surface area contributed by atoms with E-state index in [1.54, 1.807) is 0 Å². The zero-order valence-electron chi connectivity index (χ0n) is 44.4. The van der Waals surface area contributed by atoms with Gasteiger partial charge in [-0.05, 0) is 12.8 Å². The summed E-state index contributed by atoms with van der Waals surface area (Å²) in [6.45, 7) is 3.74. The maximum Gasteiger partial charge on any atom is 0.220 e. The van der Waals surface area contributed by atoms with Crippen LogP contribution in [0.1, 0.15) is 309 Å². The van der Waals surface area contributed by atoms with Gasteiger partial charge in [-0.2, -0.15) is 0 Å². The van der Waals surface area contributed by atoms with Crippen molar-refractivity contribution in [3.8, 4) is 0 Å². The Balaban J connectivity index is 1.86. The minimum absolute atomic E-state index is 0.136. The molecule has 1 heterocycles. The normalized spacial score (nSPS) is 19.5. The van der Waals surface area contributed by atoms with Crippen molar-refractivity contribution >= 4 is 5.91 Å². The van der Waals surface area contributed by atoms with Gasteiger partial charge in [-0.1, -0.05) is 290 Å². The van der Waals surface area contributed by atoms with Gasteiger partial charge in [0.05, 0.1) is 25.4 Å². The Bertz CT molecular complexity index is 1020. The van der Waals surface area contributed by atoms with E-state index in [9.17, 15) is 30.3 Å². The summed E-state index contributed by atoms with van der Waals surface area (Å²) in [6, 6.07) is -0.709. The molecule has 1 fully saturated rings. The van der Waals surface area contributed by atoms with Crippen LogP contribution in [0.25, 0.3) is 0 Å². The van der Waals surface area contributed by atoms with Crippen molar-refractivity contribution in [2.24, 2.45) is 0 Å². The van der Waals surface area contributed by atoms with Crippen molar-refractivity contribution in [1.29, 1.82) is 0 Å². The fourth-order valence-electron chi connectivity index (χ4n) is 9.99. The number of carbonyl (C=O) groups is 1. The smallest absolute Gasteiger partial charge is 0.220 e. The minimum atomic E-state index is -1.55. The van der Waals surface area contributed by atoms with E-state index < -0.39 is 49.5 Å². The lowest BCUT2D eigenvalue weighted by molar-refractivity contribution is -0.302. The Morgan fingerprint density at radius 3 is 1.06 bits per heavy atom.